The third-order valence-corrected chi connectivity index (χ3v) is 5.41. The number of amides is 1. The van der Waals surface area contributed by atoms with Gasteiger partial charge in [-0.2, -0.15) is 0 Å². The highest BCUT2D eigenvalue weighted by molar-refractivity contribution is 7.21. The first-order valence-corrected chi connectivity index (χ1v) is 9.49. The Hall–Kier alpha value is -3.60. The third kappa shape index (κ3) is 3.36. The molecule has 0 fully saturated rings. The van der Waals surface area contributed by atoms with E-state index in [-0.39, 0.29) is 10.7 Å². The van der Waals surface area contributed by atoms with E-state index >= 15 is 0 Å². The molecule has 4 N–H and O–H groups in total. The Bertz CT molecular complexity index is 1260. The number of nitrogens with one attached hydrogen (secondary N) is 2. The lowest BCUT2D eigenvalue weighted by Gasteiger charge is -2.13. The van der Waals surface area contributed by atoms with Gasteiger partial charge in [0.2, 0.25) is 0 Å². The first-order valence-electron chi connectivity index (χ1n) is 8.67. The van der Waals surface area contributed by atoms with E-state index in [2.05, 4.69) is 30.2 Å². The van der Waals surface area contributed by atoms with Gasteiger partial charge in [-0.3, -0.25) is 4.79 Å². The molecule has 4 heterocycles. The molecule has 29 heavy (non-hydrogen) atoms. The Labute approximate surface area is 168 Å². The number of aryl methyl sites for hydroxylation is 2. The van der Waals surface area contributed by atoms with Gasteiger partial charge in [-0.25, -0.2) is 24.7 Å². The quantitative estimate of drug-likeness (QED) is 0.433. The fourth-order valence-electron chi connectivity index (χ4n) is 2.97. The Morgan fingerprint density at radius 3 is 2.86 bits per heavy atom. The van der Waals surface area contributed by atoms with Crippen LogP contribution < -0.4 is 11.1 Å². The number of carbonyl (C=O) groups is 2. The number of thiophene rings is 1. The number of H-pyrrole nitrogens is 1. The van der Waals surface area contributed by atoms with E-state index in [9.17, 15) is 9.59 Å². The van der Waals surface area contributed by atoms with Crippen molar-refractivity contribution in [1.82, 2.24) is 24.9 Å². The van der Waals surface area contributed by atoms with Crippen LogP contribution in [0.3, 0.4) is 0 Å². The van der Waals surface area contributed by atoms with Gasteiger partial charge in [-0.05, 0) is 32.4 Å². The molecule has 0 aromatic carbocycles. The minimum absolute atomic E-state index is 0.221. The number of aromatic nitrogens is 5. The van der Waals surface area contributed by atoms with Crippen LogP contribution in [0.2, 0.25) is 0 Å². The Morgan fingerprint density at radius 2 is 2.07 bits per heavy atom. The number of nitrogen functional groups attached to an aromatic ring is 1. The number of nitrogens with zero attached hydrogens (tertiary/aromatic N) is 4. The number of pyridine rings is 1. The molecule has 1 atom stereocenters. The fourth-order valence-corrected chi connectivity index (χ4v) is 4.07. The van der Waals surface area contributed by atoms with E-state index in [1.807, 2.05) is 19.9 Å². The monoisotopic (exact) mass is 411 g/mol. The molecule has 10 nitrogen and oxygen atoms in total. The van der Waals surface area contributed by atoms with Crippen LogP contribution in [-0.4, -0.2) is 42.9 Å². The number of nitrogens with two attached hydrogens (primary N) is 1. The second-order valence-electron chi connectivity index (χ2n) is 6.47. The maximum atomic E-state index is 12.6. The number of anilines is 2. The Kier molecular flexibility index (Phi) is 4.59. The van der Waals surface area contributed by atoms with Crippen molar-refractivity contribution in [3.05, 3.63) is 34.9 Å². The number of carbonyl (C=O) groups excluding carboxylic acids is 2. The van der Waals surface area contributed by atoms with E-state index < -0.39 is 18.0 Å². The molecule has 0 bridgehead atoms. The van der Waals surface area contributed by atoms with Crippen LogP contribution in [0.1, 0.15) is 27.9 Å². The number of ether oxygens (including phenoxy) is 1. The molecular formula is C18H17N7O3S. The highest BCUT2D eigenvalue weighted by atomic mass is 32.1. The molecule has 0 saturated heterocycles. The Morgan fingerprint density at radius 1 is 1.28 bits per heavy atom. The molecular weight excluding hydrogens is 394 g/mol. The molecule has 1 amide bonds. The summed E-state index contributed by atoms with van der Waals surface area (Å²) in [6, 6.07) is 1.90. The molecule has 0 saturated carbocycles. The standard InChI is InChI=1S/C18H17N7O3S/c1-7-4-8(2)24-17-10(7)11(19)13(29-17)18(27)28-9(3)16(26)25-15-12-14(21-5-20-12)22-6-23-15/h4-6,9H,19H2,1-3H3,(H2,20,21,22,23,25,26). The van der Waals surface area contributed by atoms with Crippen molar-refractivity contribution < 1.29 is 14.3 Å². The number of rotatable bonds is 4. The van der Waals surface area contributed by atoms with Crippen LogP contribution in [-0.2, 0) is 9.53 Å². The lowest BCUT2D eigenvalue weighted by atomic mass is 10.1. The fraction of sp³-hybridized carbons (Fsp3) is 0.222. The summed E-state index contributed by atoms with van der Waals surface area (Å²) in [5.41, 5.74) is 9.12. The SMILES string of the molecule is Cc1cc(C)c2c(N)c(C(=O)OC(C)C(=O)Nc3ncnc4nc[nH]c34)sc2n1. The summed E-state index contributed by atoms with van der Waals surface area (Å²) in [7, 11) is 0. The largest absolute Gasteiger partial charge is 0.448 e. The second-order valence-corrected chi connectivity index (χ2v) is 7.46. The van der Waals surface area contributed by atoms with Crippen molar-refractivity contribution in [2.75, 3.05) is 11.1 Å². The molecule has 0 aliphatic rings. The first-order chi connectivity index (χ1) is 13.8. The molecule has 11 heteroatoms. The zero-order valence-electron chi connectivity index (χ0n) is 15.8. The van der Waals surface area contributed by atoms with Crippen LogP contribution in [0.25, 0.3) is 21.4 Å². The van der Waals surface area contributed by atoms with Gasteiger partial charge in [0.25, 0.3) is 5.91 Å². The summed E-state index contributed by atoms with van der Waals surface area (Å²) in [6.07, 6.45) is 1.65. The van der Waals surface area contributed by atoms with Crippen molar-refractivity contribution in [3.8, 4) is 0 Å². The van der Waals surface area contributed by atoms with Crippen LogP contribution in [0.5, 0.6) is 0 Å². The van der Waals surface area contributed by atoms with Gasteiger partial charge in [0.05, 0.1) is 12.0 Å². The van der Waals surface area contributed by atoms with Gasteiger partial charge in [-0.15, -0.1) is 11.3 Å². The summed E-state index contributed by atoms with van der Waals surface area (Å²) in [4.78, 5) is 45.3. The number of aromatic amines is 1. The zero-order chi connectivity index (χ0) is 20.7. The predicted molar refractivity (Wildman–Crippen MR) is 109 cm³/mol. The highest BCUT2D eigenvalue weighted by Gasteiger charge is 2.25. The maximum absolute atomic E-state index is 12.6. The van der Waals surface area contributed by atoms with E-state index in [0.29, 0.717) is 21.7 Å². The molecule has 0 spiro atoms. The average Bonchev–Trinajstić information content (AvgIpc) is 3.26. The Balaban J connectivity index is 1.53. The van der Waals surface area contributed by atoms with Crippen LogP contribution >= 0.6 is 11.3 Å². The van der Waals surface area contributed by atoms with Gasteiger partial charge in [0, 0.05) is 11.1 Å². The molecule has 0 radical (unpaired) electrons. The summed E-state index contributed by atoms with van der Waals surface area (Å²) in [5.74, 6) is -0.977. The van der Waals surface area contributed by atoms with Gasteiger partial charge >= 0.3 is 5.97 Å². The second kappa shape index (κ2) is 7.09. The maximum Gasteiger partial charge on any atom is 0.351 e. The number of imidazole rings is 1. The zero-order valence-corrected chi connectivity index (χ0v) is 16.6. The normalized spacial score (nSPS) is 12.2. The van der Waals surface area contributed by atoms with E-state index in [1.54, 1.807) is 0 Å². The van der Waals surface area contributed by atoms with E-state index in [4.69, 9.17) is 10.5 Å². The number of hydrogen-bond donors (Lipinski definition) is 3. The molecule has 148 valence electrons. The van der Waals surface area contributed by atoms with Crippen molar-refractivity contribution in [1.29, 1.82) is 0 Å². The van der Waals surface area contributed by atoms with Gasteiger partial charge in [-0.1, -0.05) is 0 Å². The van der Waals surface area contributed by atoms with Crippen LogP contribution in [0, 0.1) is 13.8 Å². The van der Waals surface area contributed by atoms with Crippen molar-refractivity contribution in [3.63, 3.8) is 0 Å². The van der Waals surface area contributed by atoms with Crippen molar-refractivity contribution >= 4 is 56.1 Å². The number of esters is 1. The predicted octanol–water partition coefficient (Wildman–Crippen LogP) is 2.35. The molecule has 4 aromatic heterocycles. The lowest BCUT2D eigenvalue weighted by molar-refractivity contribution is -0.123. The van der Waals surface area contributed by atoms with Crippen molar-refractivity contribution in [2.24, 2.45) is 0 Å². The van der Waals surface area contributed by atoms with E-state index in [1.165, 1.54) is 19.6 Å². The molecule has 1 unspecified atom stereocenters. The van der Waals surface area contributed by atoms with Crippen LogP contribution in [0.15, 0.2) is 18.7 Å². The highest BCUT2D eigenvalue weighted by Crippen LogP contribution is 2.35. The molecule has 4 rings (SSSR count). The minimum Gasteiger partial charge on any atom is -0.448 e. The van der Waals surface area contributed by atoms with Gasteiger partial charge < -0.3 is 20.8 Å². The first kappa shape index (κ1) is 18.7. The molecule has 4 aromatic rings. The molecule has 0 aliphatic carbocycles. The molecule has 0 aliphatic heterocycles. The minimum atomic E-state index is -1.07. The number of hydrogen-bond acceptors (Lipinski definition) is 9. The average molecular weight is 411 g/mol. The smallest absolute Gasteiger partial charge is 0.351 e. The van der Waals surface area contributed by atoms with Crippen LogP contribution in [0.4, 0.5) is 11.5 Å². The summed E-state index contributed by atoms with van der Waals surface area (Å²) in [5, 5.41) is 3.34. The lowest BCUT2D eigenvalue weighted by Crippen LogP contribution is -2.30. The topological polar surface area (TPSA) is 149 Å². The van der Waals surface area contributed by atoms with E-state index in [0.717, 1.165) is 28.0 Å². The van der Waals surface area contributed by atoms with Gasteiger partial charge in [0.15, 0.2) is 17.6 Å². The summed E-state index contributed by atoms with van der Waals surface area (Å²) in [6.45, 7) is 5.25. The van der Waals surface area contributed by atoms with Crippen molar-refractivity contribution in [2.45, 2.75) is 26.9 Å². The number of fused-ring (bicyclic) bond motifs is 2. The third-order valence-electron chi connectivity index (χ3n) is 4.33. The summed E-state index contributed by atoms with van der Waals surface area (Å²) < 4.78 is 5.33. The van der Waals surface area contributed by atoms with Gasteiger partial charge in [0.1, 0.15) is 21.6 Å². The summed E-state index contributed by atoms with van der Waals surface area (Å²) >= 11 is 1.14.